The normalized spacial score (nSPS) is 13.3. The molecule has 1 aromatic carbocycles. The predicted octanol–water partition coefficient (Wildman–Crippen LogP) is 0.761. The fourth-order valence-corrected chi connectivity index (χ4v) is 1.97. The van der Waals surface area contributed by atoms with Crippen molar-refractivity contribution in [2.24, 2.45) is 0 Å². The summed E-state index contributed by atoms with van der Waals surface area (Å²) in [6.45, 7) is 6.24. The van der Waals surface area contributed by atoms with Crippen molar-refractivity contribution in [3.05, 3.63) is 46.5 Å². The molecule has 0 spiro atoms. The molecule has 1 aliphatic heterocycles. The van der Waals surface area contributed by atoms with Crippen LogP contribution < -0.4 is 16.0 Å². The summed E-state index contributed by atoms with van der Waals surface area (Å²) >= 11 is 0. The van der Waals surface area contributed by atoms with E-state index in [1.54, 1.807) is 12.1 Å². The van der Waals surface area contributed by atoms with Crippen LogP contribution in [-0.4, -0.2) is 38.0 Å². The van der Waals surface area contributed by atoms with Crippen molar-refractivity contribution in [3.63, 3.8) is 0 Å². The molecule has 2 amide bonds. The summed E-state index contributed by atoms with van der Waals surface area (Å²) in [6, 6.07) is 7.39. The molecule has 0 radical (unpaired) electrons. The van der Waals surface area contributed by atoms with Crippen molar-refractivity contribution in [1.29, 1.82) is 0 Å². The Bertz CT molecular complexity index is 555. The van der Waals surface area contributed by atoms with Gasteiger partial charge in [-0.25, -0.2) is 0 Å². The Morgan fingerprint density at radius 3 is 2.29 bits per heavy atom. The zero-order valence-corrected chi connectivity index (χ0v) is 12.5. The first-order chi connectivity index (χ1) is 10.1. The predicted molar refractivity (Wildman–Crippen MR) is 82.1 cm³/mol. The quantitative estimate of drug-likeness (QED) is 0.553. The van der Waals surface area contributed by atoms with Gasteiger partial charge in [0.05, 0.1) is 0 Å². The molecular weight excluding hydrogens is 266 g/mol. The molecule has 0 saturated carbocycles. The van der Waals surface area contributed by atoms with Crippen LogP contribution in [0.3, 0.4) is 0 Å². The van der Waals surface area contributed by atoms with Gasteiger partial charge < -0.3 is 16.0 Å². The van der Waals surface area contributed by atoms with E-state index in [0.717, 1.165) is 29.8 Å². The van der Waals surface area contributed by atoms with Crippen LogP contribution in [0, 0.1) is 6.92 Å². The van der Waals surface area contributed by atoms with Crippen LogP contribution in [0.5, 0.6) is 0 Å². The molecular formula is C16H21N3O2. The molecule has 0 unspecified atom stereocenters. The van der Waals surface area contributed by atoms with Crippen LogP contribution in [0.2, 0.25) is 0 Å². The van der Waals surface area contributed by atoms with E-state index < -0.39 is 0 Å². The molecule has 5 nitrogen and oxygen atoms in total. The van der Waals surface area contributed by atoms with Crippen molar-refractivity contribution in [1.82, 2.24) is 16.0 Å². The molecule has 0 aromatic heterocycles. The molecule has 1 fully saturated rings. The number of carbonyl (C=O) groups is 2. The van der Waals surface area contributed by atoms with Crippen LogP contribution in [0.4, 0.5) is 0 Å². The Morgan fingerprint density at radius 2 is 1.71 bits per heavy atom. The molecule has 1 heterocycles. The second-order valence-corrected chi connectivity index (χ2v) is 5.21. The summed E-state index contributed by atoms with van der Waals surface area (Å²) in [5.74, 6) is -0.182. The number of benzene rings is 1. The molecule has 2 rings (SSSR count). The largest absolute Gasteiger partial charge is 0.351 e. The molecule has 0 aliphatic carbocycles. The lowest BCUT2D eigenvalue weighted by molar-refractivity contribution is -0.117. The van der Waals surface area contributed by atoms with Gasteiger partial charge in [-0.3, -0.25) is 9.59 Å². The number of nitrogens with one attached hydrogen (secondary N) is 3. The minimum Gasteiger partial charge on any atom is -0.351 e. The molecule has 5 heteroatoms. The minimum absolute atomic E-state index is 0.0592. The lowest BCUT2D eigenvalue weighted by Gasteiger charge is -2.21. The number of rotatable bonds is 5. The zero-order valence-electron chi connectivity index (χ0n) is 12.5. The fourth-order valence-electron chi connectivity index (χ4n) is 1.97. The number of carbonyl (C=O) groups excluding carboxylic acids is 2. The highest BCUT2D eigenvalue weighted by molar-refractivity contribution is 5.95. The number of aryl methyl sites for hydroxylation is 1. The monoisotopic (exact) mass is 287 g/mol. The maximum Gasteiger partial charge on any atom is 0.251 e. The van der Waals surface area contributed by atoms with Crippen molar-refractivity contribution >= 4 is 11.8 Å². The third kappa shape index (κ3) is 4.16. The van der Waals surface area contributed by atoms with E-state index in [0.29, 0.717) is 18.7 Å². The highest BCUT2D eigenvalue weighted by atomic mass is 16.2. The lowest BCUT2D eigenvalue weighted by atomic mass is 10.0. The second-order valence-electron chi connectivity index (χ2n) is 5.21. The van der Waals surface area contributed by atoms with Gasteiger partial charge in [0, 0.05) is 37.3 Å². The van der Waals surface area contributed by atoms with Crippen molar-refractivity contribution < 1.29 is 9.59 Å². The summed E-state index contributed by atoms with van der Waals surface area (Å²) in [6.07, 6.45) is 0. The van der Waals surface area contributed by atoms with Crippen LogP contribution in [0.1, 0.15) is 22.8 Å². The van der Waals surface area contributed by atoms with Gasteiger partial charge in [-0.05, 0) is 31.6 Å². The third-order valence-electron chi connectivity index (χ3n) is 3.56. The molecule has 1 aliphatic rings. The molecule has 0 bridgehead atoms. The molecule has 1 aromatic rings. The highest BCUT2D eigenvalue weighted by Crippen LogP contribution is 2.08. The summed E-state index contributed by atoms with van der Waals surface area (Å²) in [5, 5.41) is 8.70. The van der Waals surface area contributed by atoms with E-state index in [2.05, 4.69) is 16.0 Å². The van der Waals surface area contributed by atoms with Gasteiger partial charge in [0.2, 0.25) is 5.91 Å². The summed E-state index contributed by atoms with van der Waals surface area (Å²) in [7, 11) is 0. The van der Waals surface area contributed by atoms with E-state index in [-0.39, 0.29) is 11.8 Å². The maximum absolute atomic E-state index is 11.9. The first-order valence-electron chi connectivity index (χ1n) is 7.10. The first kappa shape index (κ1) is 15.3. The minimum atomic E-state index is -0.123. The molecule has 112 valence electrons. The maximum atomic E-state index is 11.9. The van der Waals surface area contributed by atoms with E-state index >= 15 is 0 Å². The van der Waals surface area contributed by atoms with E-state index in [1.165, 1.54) is 0 Å². The van der Waals surface area contributed by atoms with Crippen LogP contribution in [0.15, 0.2) is 35.4 Å². The van der Waals surface area contributed by atoms with Gasteiger partial charge in [0.1, 0.15) is 0 Å². The average Bonchev–Trinajstić information content (AvgIpc) is 2.42. The Balaban J connectivity index is 1.71. The van der Waals surface area contributed by atoms with Gasteiger partial charge in [-0.2, -0.15) is 0 Å². The van der Waals surface area contributed by atoms with Gasteiger partial charge >= 0.3 is 0 Å². The van der Waals surface area contributed by atoms with Crippen molar-refractivity contribution in [2.45, 2.75) is 13.8 Å². The molecule has 1 saturated heterocycles. The van der Waals surface area contributed by atoms with Crippen LogP contribution in [0.25, 0.3) is 0 Å². The number of amides is 2. The molecule has 21 heavy (non-hydrogen) atoms. The standard InChI is InChI=1S/C16H21N3O2/c1-11-3-5-13(6-4-11)16(21)19-8-7-18-15(20)12(2)14-9-17-10-14/h3-6,17H,7-10H2,1-2H3,(H,18,20)(H,19,21). The number of hydrogen-bond donors (Lipinski definition) is 3. The summed E-state index contributed by atoms with van der Waals surface area (Å²) in [4.78, 5) is 23.7. The SMILES string of the molecule is CC(C(=O)NCCNC(=O)c1ccc(C)cc1)=C1CNC1. The lowest BCUT2D eigenvalue weighted by Crippen LogP contribution is -2.39. The van der Waals surface area contributed by atoms with E-state index in [1.807, 2.05) is 26.0 Å². The first-order valence-corrected chi connectivity index (χ1v) is 7.10. The van der Waals surface area contributed by atoms with Crippen LogP contribution >= 0.6 is 0 Å². The van der Waals surface area contributed by atoms with E-state index in [4.69, 9.17) is 0 Å². The zero-order chi connectivity index (χ0) is 15.2. The van der Waals surface area contributed by atoms with Gasteiger partial charge in [-0.15, -0.1) is 0 Å². The van der Waals surface area contributed by atoms with Gasteiger partial charge in [0.25, 0.3) is 5.91 Å². The fraction of sp³-hybridized carbons (Fsp3) is 0.375. The molecule has 0 atom stereocenters. The average molecular weight is 287 g/mol. The van der Waals surface area contributed by atoms with E-state index in [9.17, 15) is 9.59 Å². The Kier molecular flexibility index (Phi) is 5.11. The Morgan fingerprint density at radius 1 is 1.10 bits per heavy atom. The van der Waals surface area contributed by atoms with Crippen molar-refractivity contribution in [3.8, 4) is 0 Å². The van der Waals surface area contributed by atoms with Gasteiger partial charge in [0.15, 0.2) is 0 Å². The van der Waals surface area contributed by atoms with Crippen LogP contribution in [-0.2, 0) is 4.79 Å². The topological polar surface area (TPSA) is 70.2 Å². The summed E-state index contributed by atoms with van der Waals surface area (Å²) in [5.41, 5.74) is 3.67. The highest BCUT2D eigenvalue weighted by Gasteiger charge is 2.15. The molecule has 3 N–H and O–H groups in total. The van der Waals surface area contributed by atoms with Crippen molar-refractivity contribution in [2.75, 3.05) is 26.2 Å². The second kappa shape index (κ2) is 7.04. The third-order valence-corrected chi connectivity index (χ3v) is 3.56. The number of hydrogen-bond acceptors (Lipinski definition) is 3. The summed E-state index contributed by atoms with van der Waals surface area (Å²) < 4.78 is 0. The van der Waals surface area contributed by atoms with Gasteiger partial charge in [-0.1, -0.05) is 17.7 Å². The Labute approximate surface area is 124 Å². The Hall–Kier alpha value is -2.14. The smallest absolute Gasteiger partial charge is 0.251 e.